The molecule has 102 valence electrons. The van der Waals surface area contributed by atoms with Gasteiger partial charge in [0, 0.05) is 6.54 Å². The van der Waals surface area contributed by atoms with Gasteiger partial charge in [-0.15, -0.1) is 0 Å². The van der Waals surface area contributed by atoms with Crippen molar-refractivity contribution in [3.63, 3.8) is 0 Å². The second-order valence-electron chi connectivity index (χ2n) is 4.78. The van der Waals surface area contributed by atoms with Crippen molar-refractivity contribution in [2.24, 2.45) is 0 Å². The Kier molecular flexibility index (Phi) is 4.68. The second kappa shape index (κ2) is 6.48. The number of rotatable bonds is 6. The first-order valence-electron chi connectivity index (χ1n) is 6.87. The fourth-order valence-electron chi connectivity index (χ4n) is 2.27. The van der Waals surface area contributed by atoms with Gasteiger partial charge in [-0.1, -0.05) is 37.3 Å². The molecule has 19 heavy (non-hydrogen) atoms. The molecular formula is C15H22N4. The van der Waals surface area contributed by atoms with Crippen LogP contribution in [0.3, 0.4) is 0 Å². The van der Waals surface area contributed by atoms with Crippen LogP contribution in [0.1, 0.15) is 36.6 Å². The summed E-state index contributed by atoms with van der Waals surface area (Å²) in [5.41, 5.74) is 1.26. The van der Waals surface area contributed by atoms with Crippen LogP contribution in [0.25, 0.3) is 0 Å². The predicted molar refractivity (Wildman–Crippen MR) is 77.2 cm³/mol. The van der Waals surface area contributed by atoms with Gasteiger partial charge in [0.15, 0.2) is 0 Å². The van der Waals surface area contributed by atoms with Crippen LogP contribution in [-0.4, -0.2) is 27.9 Å². The summed E-state index contributed by atoms with van der Waals surface area (Å²) in [7, 11) is 0. The average Bonchev–Trinajstić information content (AvgIpc) is 2.75. The van der Waals surface area contributed by atoms with E-state index in [4.69, 9.17) is 0 Å². The molecule has 0 aliphatic heterocycles. The maximum atomic E-state index is 4.53. The van der Waals surface area contributed by atoms with Crippen LogP contribution in [0.2, 0.25) is 0 Å². The molecule has 1 atom stereocenters. The number of nitrogens with zero attached hydrogens (tertiary/aromatic N) is 3. The zero-order chi connectivity index (χ0) is 13.7. The molecule has 0 bridgehead atoms. The van der Waals surface area contributed by atoms with Gasteiger partial charge in [0.25, 0.3) is 0 Å². The maximum absolute atomic E-state index is 4.53. The number of aromatic nitrogens is 3. The van der Waals surface area contributed by atoms with Gasteiger partial charge < -0.3 is 5.32 Å². The Morgan fingerprint density at radius 3 is 2.53 bits per heavy atom. The first-order chi connectivity index (χ1) is 9.22. The molecule has 0 aliphatic rings. The van der Waals surface area contributed by atoms with Gasteiger partial charge in [0.1, 0.15) is 11.6 Å². The Morgan fingerprint density at radius 1 is 1.21 bits per heavy atom. The number of aryl methyl sites for hydroxylation is 2. The lowest BCUT2D eigenvalue weighted by molar-refractivity contribution is 0.468. The lowest BCUT2D eigenvalue weighted by Crippen LogP contribution is -2.28. The van der Waals surface area contributed by atoms with Gasteiger partial charge in [-0.3, -0.25) is 0 Å². The number of hydrogen-bond donors (Lipinski definition) is 1. The lowest BCUT2D eigenvalue weighted by atomic mass is 10.1. The van der Waals surface area contributed by atoms with E-state index in [2.05, 4.69) is 46.6 Å². The fraction of sp³-hybridized carbons (Fsp3) is 0.467. The summed E-state index contributed by atoms with van der Waals surface area (Å²) < 4.78 is 2.02. The van der Waals surface area contributed by atoms with Crippen molar-refractivity contribution in [2.75, 3.05) is 13.1 Å². The summed E-state index contributed by atoms with van der Waals surface area (Å²) in [5, 5.41) is 8.01. The zero-order valence-corrected chi connectivity index (χ0v) is 11.9. The smallest absolute Gasteiger partial charge is 0.147 e. The molecule has 0 amide bonds. The highest BCUT2D eigenvalue weighted by atomic mass is 15.4. The van der Waals surface area contributed by atoms with E-state index in [-0.39, 0.29) is 6.04 Å². The quantitative estimate of drug-likeness (QED) is 0.809. The van der Waals surface area contributed by atoms with E-state index >= 15 is 0 Å². The maximum Gasteiger partial charge on any atom is 0.147 e. The van der Waals surface area contributed by atoms with E-state index < -0.39 is 0 Å². The number of nitrogens with one attached hydrogen (secondary N) is 1. The van der Waals surface area contributed by atoms with Gasteiger partial charge in [0.05, 0.1) is 6.04 Å². The Balaban J connectivity index is 2.26. The third-order valence-electron chi connectivity index (χ3n) is 3.15. The highest BCUT2D eigenvalue weighted by Crippen LogP contribution is 2.18. The molecule has 2 aromatic rings. The third-order valence-corrected chi connectivity index (χ3v) is 3.15. The Hall–Kier alpha value is -1.68. The molecule has 0 spiro atoms. The van der Waals surface area contributed by atoms with Crippen LogP contribution in [0.15, 0.2) is 30.3 Å². The summed E-state index contributed by atoms with van der Waals surface area (Å²) in [6.07, 6.45) is 1.14. The van der Waals surface area contributed by atoms with E-state index in [1.165, 1.54) is 5.56 Å². The molecule has 1 aromatic heterocycles. The first kappa shape index (κ1) is 13.7. The molecule has 1 N–H and O–H groups in total. The standard InChI is InChI=1S/C15H22N4/c1-4-10-16-11-15(14-8-6-5-7-9-14)19-13(3)17-12(2)18-19/h5-9,15-16H,4,10-11H2,1-3H3. The third kappa shape index (κ3) is 3.41. The summed E-state index contributed by atoms with van der Waals surface area (Å²) in [4.78, 5) is 4.41. The van der Waals surface area contributed by atoms with Crippen molar-refractivity contribution in [1.82, 2.24) is 20.1 Å². The average molecular weight is 258 g/mol. The van der Waals surface area contributed by atoms with Gasteiger partial charge in [0.2, 0.25) is 0 Å². The molecule has 4 nitrogen and oxygen atoms in total. The van der Waals surface area contributed by atoms with E-state index in [0.717, 1.165) is 31.2 Å². The highest BCUT2D eigenvalue weighted by molar-refractivity contribution is 5.20. The Bertz CT molecular complexity index is 504. The molecule has 2 rings (SSSR count). The van der Waals surface area contributed by atoms with Gasteiger partial charge in [-0.05, 0) is 32.4 Å². The van der Waals surface area contributed by atoms with Crippen molar-refractivity contribution in [2.45, 2.75) is 33.2 Å². The molecule has 1 unspecified atom stereocenters. The van der Waals surface area contributed by atoms with Crippen LogP contribution in [-0.2, 0) is 0 Å². The van der Waals surface area contributed by atoms with Crippen LogP contribution in [0, 0.1) is 13.8 Å². The van der Waals surface area contributed by atoms with Crippen LogP contribution in [0.5, 0.6) is 0 Å². The van der Waals surface area contributed by atoms with Crippen LogP contribution >= 0.6 is 0 Å². The minimum Gasteiger partial charge on any atom is -0.314 e. The molecule has 1 heterocycles. The van der Waals surface area contributed by atoms with E-state index in [0.29, 0.717) is 0 Å². The van der Waals surface area contributed by atoms with Crippen molar-refractivity contribution in [1.29, 1.82) is 0 Å². The van der Waals surface area contributed by atoms with E-state index in [9.17, 15) is 0 Å². The molecule has 4 heteroatoms. The zero-order valence-electron chi connectivity index (χ0n) is 11.9. The van der Waals surface area contributed by atoms with Crippen LogP contribution in [0.4, 0.5) is 0 Å². The predicted octanol–water partition coefficient (Wildman–Crippen LogP) is 2.48. The topological polar surface area (TPSA) is 42.7 Å². The van der Waals surface area contributed by atoms with Crippen molar-refractivity contribution >= 4 is 0 Å². The molecular weight excluding hydrogens is 236 g/mol. The largest absolute Gasteiger partial charge is 0.314 e. The monoisotopic (exact) mass is 258 g/mol. The van der Waals surface area contributed by atoms with Gasteiger partial charge in [-0.2, -0.15) is 5.10 Å². The second-order valence-corrected chi connectivity index (χ2v) is 4.78. The minimum absolute atomic E-state index is 0.203. The summed E-state index contributed by atoms with van der Waals surface area (Å²) >= 11 is 0. The number of hydrogen-bond acceptors (Lipinski definition) is 3. The van der Waals surface area contributed by atoms with Crippen molar-refractivity contribution in [3.05, 3.63) is 47.5 Å². The van der Waals surface area contributed by atoms with Crippen LogP contribution < -0.4 is 5.32 Å². The molecule has 0 saturated heterocycles. The Morgan fingerprint density at radius 2 is 1.95 bits per heavy atom. The summed E-state index contributed by atoms with van der Waals surface area (Å²) in [5.74, 6) is 1.79. The lowest BCUT2D eigenvalue weighted by Gasteiger charge is -2.19. The first-order valence-corrected chi connectivity index (χ1v) is 6.87. The number of benzene rings is 1. The summed E-state index contributed by atoms with van der Waals surface area (Å²) in [6, 6.07) is 10.7. The molecule has 1 aromatic carbocycles. The van der Waals surface area contributed by atoms with Gasteiger partial charge in [-0.25, -0.2) is 9.67 Å². The molecule has 0 fully saturated rings. The fourth-order valence-corrected chi connectivity index (χ4v) is 2.27. The molecule has 0 aliphatic carbocycles. The van der Waals surface area contributed by atoms with Crippen molar-refractivity contribution < 1.29 is 0 Å². The van der Waals surface area contributed by atoms with E-state index in [1.807, 2.05) is 24.6 Å². The Labute approximate surface area is 114 Å². The molecule has 0 saturated carbocycles. The molecule has 0 radical (unpaired) electrons. The summed E-state index contributed by atoms with van der Waals surface area (Å²) in [6.45, 7) is 8.02. The minimum atomic E-state index is 0.203. The van der Waals surface area contributed by atoms with Gasteiger partial charge >= 0.3 is 0 Å². The normalized spacial score (nSPS) is 12.6. The highest BCUT2D eigenvalue weighted by Gasteiger charge is 2.17. The van der Waals surface area contributed by atoms with E-state index in [1.54, 1.807) is 0 Å². The van der Waals surface area contributed by atoms with Crippen molar-refractivity contribution in [3.8, 4) is 0 Å². The SMILES string of the molecule is CCCNCC(c1ccccc1)n1nc(C)nc1C.